The molecule has 4 heteroatoms. The lowest BCUT2D eigenvalue weighted by Gasteiger charge is -2.48. The number of pyridine rings is 2. The highest BCUT2D eigenvalue weighted by atomic mass is 15.0. The van der Waals surface area contributed by atoms with Crippen molar-refractivity contribution in [1.82, 2.24) is 18.9 Å². The minimum atomic E-state index is -0.0759. The Kier molecular flexibility index (Phi) is 5.24. The van der Waals surface area contributed by atoms with Crippen molar-refractivity contribution in [2.24, 2.45) is 29.1 Å². The first-order valence-corrected chi connectivity index (χ1v) is 23.6. The maximum absolute atomic E-state index is 5.63. The first kappa shape index (κ1) is 31.6. The van der Waals surface area contributed by atoms with E-state index in [9.17, 15) is 0 Å². The second-order valence-electron chi connectivity index (χ2n) is 22.2. The Balaban J connectivity index is 1.10. The van der Waals surface area contributed by atoms with Gasteiger partial charge < -0.3 is 8.97 Å². The zero-order chi connectivity index (χ0) is 38.7. The summed E-state index contributed by atoms with van der Waals surface area (Å²) in [6, 6.07) is 28.4. The fourth-order valence-electron chi connectivity index (χ4n) is 17.6. The van der Waals surface area contributed by atoms with Crippen molar-refractivity contribution in [3.05, 3.63) is 119 Å². The Morgan fingerprint density at radius 3 is 2.07 bits per heavy atom. The summed E-state index contributed by atoms with van der Waals surface area (Å²) in [5.41, 5.74) is 20.4. The van der Waals surface area contributed by atoms with Gasteiger partial charge in [0.1, 0.15) is 0 Å². The fraction of sp³-hybridized carbons (Fsp3) is 0.393. The third-order valence-corrected chi connectivity index (χ3v) is 19.5. The van der Waals surface area contributed by atoms with Crippen LogP contribution in [0.1, 0.15) is 135 Å². The van der Waals surface area contributed by atoms with Crippen LogP contribution in [0.25, 0.3) is 76.7 Å². The van der Waals surface area contributed by atoms with E-state index in [4.69, 9.17) is 9.97 Å². The van der Waals surface area contributed by atoms with Crippen LogP contribution in [0.5, 0.6) is 0 Å². The van der Waals surface area contributed by atoms with E-state index < -0.39 is 0 Å². The second kappa shape index (κ2) is 9.94. The van der Waals surface area contributed by atoms with Crippen molar-refractivity contribution in [1.29, 1.82) is 0 Å². The Bertz CT molecular complexity index is 3480. The molecule has 5 heterocycles. The molecule has 60 heavy (non-hydrogen) atoms. The van der Waals surface area contributed by atoms with Gasteiger partial charge in [0.15, 0.2) is 0 Å². The molecule has 18 rings (SSSR count). The number of para-hydroxylation sites is 1. The van der Waals surface area contributed by atoms with Crippen molar-refractivity contribution >= 4 is 59.9 Å². The van der Waals surface area contributed by atoms with Crippen LogP contribution < -0.4 is 0 Å². The molecule has 5 fully saturated rings. The molecule has 7 unspecified atom stereocenters. The van der Waals surface area contributed by atoms with E-state index in [0.29, 0.717) is 29.1 Å². The lowest BCUT2D eigenvalue weighted by atomic mass is 9.56. The third kappa shape index (κ3) is 3.34. The first-order chi connectivity index (χ1) is 29.4. The highest BCUT2D eigenvalue weighted by molar-refractivity contribution is 6.35. The molecular weight excluding hydrogens is 729 g/mol. The molecule has 0 radical (unpaired) electrons. The Morgan fingerprint density at radius 1 is 0.533 bits per heavy atom. The molecule has 0 aliphatic heterocycles. The number of rotatable bonds is 1. The maximum Gasteiger partial charge on any atom is 0.0729 e. The Labute approximate surface area is 349 Å². The molecule has 7 bridgehead atoms. The zero-order valence-electron chi connectivity index (χ0n) is 34.6. The van der Waals surface area contributed by atoms with Crippen LogP contribution in [0.2, 0.25) is 0 Å². The van der Waals surface area contributed by atoms with Gasteiger partial charge in [-0.3, -0.25) is 9.97 Å². The number of fused-ring (bicyclic) bond motifs is 19. The Morgan fingerprint density at radius 2 is 1.23 bits per heavy atom. The summed E-state index contributed by atoms with van der Waals surface area (Å²) < 4.78 is 5.38. The van der Waals surface area contributed by atoms with Crippen LogP contribution >= 0.6 is 0 Å². The molecule has 1 spiro atoms. The molecule has 0 amide bonds. The van der Waals surface area contributed by atoms with E-state index in [1.54, 1.807) is 11.1 Å². The number of hydrogen-bond acceptors (Lipinski definition) is 2. The minimum absolute atomic E-state index is 0.0759. The summed E-state index contributed by atoms with van der Waals surface area (Å²) in [7, 11) is 0. The van der Waals surface area contributed by atoms with Crippen molar-refractivity contribution in [2.45, 2.75) is 107 Å². The van der Waals surface area contributed by atoms with Crippen molar-refractivity contribution < 1.29 is 0 Å². The Hall–Kier alpha value is -5.22. The molecule has 0 saturated heterocycles. The molecule has 292 valence electrons. The second-order valence-corrected chi connectivity index (χ2v) is 22.2. The van der Waals surface area contributed by atoms with Gasteiger partial charge >= 0.3 is 0 Å². The summed E-state index contributed by atoms with van der Waals surface area (Å²) in [5, 5.41) is 8.78. The topological polar surface area (TPSA) is 35.1 Å². The van der Waals surface area contributed by atoms with E-state index >= 15 is 0 Å². The molecule has 9 aromatic rings. The molecule has 5 saturated carbocycles. The van der Waals surface area contributed by atoms with Gasteiger partial charge in [0.05, 0.1) is 40.0 Å². The largest absolute Gasteiger partial charge is 0.309 e. The summed E-state index contributed by atoms with van der Waals surface area (Å²) in [6.07, 6.45) is 18.4. The van der Waals surface area contributed by atoms with Gasteiger partial charge in [-0.05, 0) is 169 Å². The normalized spacial score (nSPS) is 32.0. The van der Waals surface area contributed by atoms with E-state index in [1.165, 1.54) is 163 Å². The van der Waals surface area contributed by atoms with E-state index in [-0.39, 0.29) is 5.41 Å². The highest BCUT2D eigenvalue weighted by Gasteiger charge is 2.66. The monoisotopic (exact) mass is 776 g/mol. The molecule has 0 N–H and O–H groups in total. The average Bonchev–Trinajstić information content (AvgIpc) is 4.03. The molecule has 7 atom stereocenters. The molecule has 9 aliphatic carbocycles. The smallest absolute Gasteiger partial charge is 0.0729 e. The summed E-state index contributed by atoms with van der Waals surface area (Å²) in [4.78, 5) is 11.3. The van der Waals surface area contributed by atoms with Gasteiger partial charge in [-0.25, -0.2) is 0 Å². The SMILES string of the molecule is CC1(C)c2ccccc2-c2cc3c(cc21)c1cc2c4c5c(ncc4n4c6cnc7c(c6c(c1n3-c1ccccc1)c24)C1CC2CC(CC7C2)C1)C1CC2CC3CC5CC23C1. The zero-order valence-corrected chi connectivity index (χ0v) is 34.6. The van der Waals surface area contributed by atoms with Crippen LogP contribution in [-0.2, 0) is 5.41 Å². The van der Waals surface area contributed by atoms with Crippen molar-refractivity contribution in [3.63, 3.8) is 0 Å². The third-order valence-electron chi connectivity index (χ3n) is 19.5. The van der Waals surface area contributed by atoms with Crippen molar-refractivity contribution in [2.75, 3.05) is 0 Å². The highest BCUT2D eigenvalue weighted by Crippen LogP contribution is 2.76. The maximum atomic E-state index is 5.63. The number of hydrogen-bond donors (Lipinski definition) is 0. The molecule has 4 nitrogen and oxygen atoms in total. The summed E-state index contributed by atoms with van der Waals surface area (Å²) in [5.74, 6) is 5.97. The fourth-order valence-corrected chi connectivity index (χ4v) is 17.6. The van der Waals surface area contributed by atoms with Crippen LogP contribution in [0, 0.1) is 29.1 Å². The van der Waals surface area contributed by atoms with Crippen LogP contribution in [0.3, 0.4) is 0 Å². The van der Waals surface area contributed by atoms with Crippen LogP contribution in [0.15, 0.2) is 85.2 Å². The average molecular weight is 777 g/mol. The number of nitrogens with zero attached hydrogens (tertiary/aromatic N) is 4. The van der Waals surface area contributed by atoms with Gasteiger partial charge in [0.2, 0.25) is 0 Å². The van der Waals surface area contributed by atoms with E-state index in [1.807, 2.05) is 0 Å². The van der Waals surface area contributed by atoms with Gasteiger partial charge in [-0.1, -0.05) is 56.3 Å². The van der Waals surface area contributed by atoms with Gasteiger partial charge in [0, 0.05) is 66.6 Å². The lowest BCUT2D eigenvalue weighted by Crippen LogP contribution is -2.41. The summed E-state index contributed by atoms with van der Waals surface area (Å²) >= 11 is 0. The van der Waals surface area contributed by atoms with Gasteiger partial charge in [-0.2, -0.15) is 0 Å². The van der Waals surface area contributed by atoms with E-state index in [0.717, 1.165) is 23.7 Å². The molecule has 4 aromatic carbocycles. The predicted octanol–water partition coefficient (Wildman–Crippen LogP) is 13.8. The predicted molar refractivity (Wildman–Crippen MR) is 242 cm³/mol. The quantitative estimate of drug-likeness (QED) is 0.166. The lowest BCUT2D eigenvalue weighted by molar-refractivity contribution is 0.00321. The van der Waals surface area contributed by atoms with Crippen LogP contribution in [-0.4, -0.2) is 18.9 Å². The van der Waals surface area contributed by atoms with Crippen molar-refractivity contribution in [3.8, 4) is 16.8 Å². The first-order valence-electron chi connectivity index (χ1n) is 23.6. The van der Waals surface area contributed by atoms with Gasteiger partial charge in [0.25, 0.3) is 0 Å². The number of benzene rings is 4. The summed E-state index contributed by atoms with van der Waals surface area (Å²) in [6.45, 7) is 4.89. The molecule has 5 aromatic heterocycles. The minimum Gasteiger partial charge on any atom is -0.309 e. The molecular formula is C56H48N4. The molecule has 9 aliphatic rings. The van der Waals surface area contributed by atoms with Gasteiger partial charge in [-0.15, -0.1) is 0 Å². The van der Waals surface area contributed by atoms with E-state index in [2.05, 4.69) is 108 Å². The van der Waals surface area contributed by atoms with Crippen LogP contribution in [0.4, 0.5) is 0 Å². The standard InChI is InChI=1S/C56H48N4/c1-55(2)41-11-7-6-10-36(41)37-22-43-38(21-42(37)55)39-20-40-48-44(25-58-52-32-18-34-19-33-17-31(47(48)52)23-56(33,34)24-32)60-45-26-57-51-30-15-27-12-28(16-30)14-29(13-27)46(51)49(45)50(54(40)60)53(39)59(43)35-8-4-3-5-9-35/h3-11,20-22,25-34H,12-19,23-24H2,1-2H3. The number of aromatic nitrogens is 4.